The van der Waals surface area contributed by atoms with Crippen molar-refractivity contribution in [3.63, 3.8) is 0 Å². The molecule has 0 aliphatic rings. The van der Waals surface area contributed by atoms with E-state index >= 15 is 0 Å². The van der Waals surface area contributed by atoms with Crippen LogP contribution in [0.3, 0.4) is 0 Å². The van der Waals surface area contributed by atoms with Gasteiger partial charge < -0.3 is 10.2 Å². The van der Waals surface area contributed by atoms with Gasteiger partial charge in [0.25, 0.3) is 0 Å². The van der Waals surface area contributed by atoms with E-state index in [0.717, 1.165) is 5.56 Å². The minimum absolute atomic E-state index is 0.0150. The van der Waals surface area contributed by atoms with Gasteiger partial charge in [-0.2, -0.15) is 0 Å². The summed E-state index contributed by atoms with van der Waals surface area (Å²) < 4.78 is 0. The first kappa shape index (κ1) is 14.2. The highest BCUT2D eigenvalue weighted by atomic mass is 35.5. The van der Waals surface area contributed by atoms with Gasteiger partial charge in [-0.15, -0.1) is 0 Å². The summed E-state index contributed by atoms with van der Waals surface area (Å²) in [6.07, 6.45) is 1.38. The van der Waals surface area contributed by atoms with E-state index < -0.39 is 0 Å². The molecule has 0 fully saturated rings. The van der Waals surface area contributed by atoms with Crippen LogP contribution in [0.4, 0.5) is 0 Å². The quantitative estimate of drug-likeness (QED) is 0.795. The highest BCUT2D eigenvalue weighted by Crippen LogP contribution is 2.39. The Hall–Kier alpha value is -0.890. The van der Waals surface area contributed by atoms with Gasteiger partial charge in [-0.3, -0.25) is 0 Å². The number of phenols is 2. The Morgan fingerprint density at radius 1 is 1.00 bits per heavy atom. The zero-order chi connectivity index (χ0) is 13.2. The molecule has 0 saturated carbocycles. The number of rotatable bonds is 4. The molecule has 0 spiro atoms. The van der Waals surface area contributed by atoms with Crippen LogP contribution in [-0.2, 0) is 12.8 Å². The molecular formula is C14H21ClO2. The van der Waals surface area contributed by atoms with E-state index in [4.69, 9.17) is 11.6 Å². The molecular weight excluding hydrogens is 236 g/mol. The number of benzene rings is 1. The Bertz CT molecular complexity index is 398. The lowest BCUT2D eigenvalue weighted by atomic mass is 9.96. The molecule has 1 aromatic rings. The summed E-state index contributed by atoms with van der Waals surface area (Å²) in [5.41, 5.74) is 1.36. The third-order valence-electron chi connectivity index (χ3n) is 2.64. The molecule has 1 aromatic carbocycles. The second-order valence-corrected chi connectivity index (χ2v) is 5.80. The van der Waals surface area contributed by atoms with Gasteiger partial charge in [-0.25, -0.2) is 0 Å². The molecule has 1 rings (SSSR count). The lowest BCUT2D eigenvalue weighted by molar-refractivity contribution is 0.390. The molecule has 96 valence electrons. The number of halogens is 1. The Morgan fingerprint density at radius 2 is 1.53 bits per heavy atom. The first-order chi connectivity index (χ1) is 7.82. The van der Waals surface area contributed by atoms with Crippen molar-refractivity contribution in [3.05, 3.63) is 22.2 Å². The second kappa shape index (κ2) is 5.63. The fourth-order valence-corrected chi connectivity index (χ4v) is 2.21. The third-order valence-corrected chi connectivity index (χ3v) is 2.98. The molecule has 0 bridgehead atoms. The van der Waals surface area contributed by atoms with Crippen molar-refractivity contribution in [1.29, 1.82) is 0 Å². The molecule has 0 heterocycles. The second-order valence-electron chi connectivity index (χ2n) is 5.39. The van der Waals surface area contributed by atoms with Crippen molar-refractivity contribution < 1.29 is 10.2 Å². The van der Waals surface area contributed by atoms with Crippen LogP contribution in [0, 0.1) is 11.8 Å². The lowest BCUT2D eigenvalue weighted by Crippen LogP contribution is -2.00. The largest absolute Gasteiger partial charge is 0.504 e. The molecule has 2 nitrogen and oxygen atoms in total. The minimum Gasteiger partial charge on any atom is -0.504 e. The summed E-state index contributed by atoms with van der Waals surface area (Å²) in [5, 5.41) is 20.5. The van der Waals surface area contributed by atoms with Gasteiger partial charge in [0, 0.05) is 10.6 Å². The van der Waals surface area contributed by atoms with Gasteiger partial charge in [-0.1, -0.05) is 39.3 Å². The Balaban J connectivity index is 3.17. The van der Waals surface area contributed by atoms with Crippen LogP contribution in [-0.4, -0.2) is 10.2 Å². The monoisotopic (exact) mass is 256 g/mol. The predicted molar refractivity (Wildman–Crippen MR) is 71.9 cm³/mol. The molecule has 0 aromatic heterocycles. The van der Waals surface area contributed by atoms with E-state index in [2.05, 4.69) is 27.7 Å². The average Bonchev–Trinajstić information content (AvgIpc) is 2.20. The molecule has 0 aliphatic carbocycles. The summed E-state index contributed by atoms with van der Waals surface area (Å²) in [7, 11) is 0. The standard InChI is InChI=1S/C14H21ClO2/c1-8(2)5-10-7-12(15)11(6-9(3)4)14(17)13(10)16/h7-9,16-17H,5-6H2,1-4H3. The predicted octanol–water partition coefficient (Wildman–Crippen LogP) is 4.15. The van der Waals surface area contributed by atoms with Crippen LogP contribution >= 0.6 is 11.6 Å². The van der Waals surface area contributed by atoms with Crippen molar-refractivity contribution in [2.45, 2.75) is 40.5 Å². The maximum Gasteiger partial charge on any atom is 0.162 e. The fourth-order valence-electron chi connectivity index (χ4n) is 1.91. The van der Waals surface area contributed by atoms with E-state index in [1.54, 1.807) is 6.07 Å². The molecule has 3 heteroatoms. The van der Waals surface area contributed by atoms with Crippen LogP contribution in [0.25, 0.3) is 0 Å². The first-order valence-corrected chi connectivity index (χ1v) is 6.42. The minimum atomic E-state index is -0.0538. The lowest BCUT2D eigenvalue weighted by Gasteiger charge is -2.15. The maximum atomic E-state index is 9.99. The number of hydrogen-bond donors (Lipinski definition) is 2. The number of hydrogen-bond acceptors (Lipinski definition) is 2. The van der Waals surface area contributed by atoms with E-state index in [9.17, 15) is 10.2 Å². The molecule has 0 radical (unpaired) electrons. The molecule has 0 aliphatic heterocycles. The van der Waals surface area contributed by atoms with Crippen molar-refractivity contribution >= 4 is 11.6 Å². The van der Waals surface area contributed by atoms with Crippen molar-refractivity contribution in [2.75, 3.05) is 0 Å². The summed E-state index contributed by atoms with van der Waals surface area (Å²) in [6.45, 7) is 8.22. The van der Waals surface area contributed by atoms with Gasteiger partial charge in [0.1, 0.15) is 0 Å². The average molecular weight is 257 g/mol. The van der Waals surface area contributed by atoms with Gasteiger partial charge in [0.15, 0.2) is 11.5 Å². The van der Waals surface area contributed by atoms with Crippen molar-refractivity contribution in [1.82, 2.24) is 0 Å². The number of phenolic OH excluding ortho intramolecular Hbond substituents is 2. The Morgan fingerprint density at radius 3 is 2.00 bits per heavy atom. The topological polar surface area (TPSA) is 40.5 Å². The smallest absolute Gasteiger partial charge is 0.162 e. The Kier molecular flexibility index (Phi) is 4.70. The zero-order valence-corrected chi connectivity index (χ0v) is 11.7. The maximum absolute atomic E-state index is 9.99. The first-order valence-electron chi connectivity index (χ1n) is 6.05. The molecule has 0 saturated heterocycles. The van der Waals surface area contributed by atoms with Crippen LogP contribution < -0.4 is 0 Å². The number of aromatic hydroxyl groups is 2. The van der Waals surface area contributed by atoms with E-state index in [1.807, 2.05) is 0 Å². The SMILES string of the molecule is CC(C)Cc1cc(Cl)c(CC(C)C)c(O)c1O. The van der Waals surface area contributed by atoms with Gasteiger partial charge >= 0.3 is 0 Å². The van der Waals surface area contributed by atoms with Crippen molar-refractivity contribution in [2.24, 2.45) is 11.8 Å². The zero-order valence-electron chi connectivity index (χ0n) is 10.9. The summed E-state index contributed by atoms with van der Waals surface area (Å²) >= 11 is 6.16. The summed E-state index contributed by atoms with van der Waals surface area (Å²) in [6, 6.07) is 1.77. The van der Waals surface area contributed by atoms with Gasteiger partial charge in [0.2, 0.25) is 0 Å². The molecule has 17 heavy (non-hydrogen) atoms. The van der Waals surface area contributed by atoms with E-state index in [-0.39, 0.29) is 11.5 Å². The summed E-state index contributed by atoms with van der Waals surface area (Å²) in [4.78, 5) is 0. The molecule has 2 N–H and O–H groups in total. The highest BCUT2D eigenvalue weighted by molar-refractivity contribution is 6.31. The van der Waals surface area contributed by atoms with Crippen LogP contribution in [0.15, 0.2) is 6.07 Å². The van der Waals surface area contributed by atoms with Crippen LogP contribution in [0.2, 0.25) is 5.02 Å². The molecule has 0 amide bonds. The van der Waals surface area contributed by atoms with Crippen molar-refractivity contribution in [3.8, 4) is 11.5 Å². The molecule has 0 atom stereocenters. The summed E-state index contributed by atoms with van der Waals surface area (Å²) in [5.74, 6) is 0.724. The molecule has 0 unspecified atom stereocenters. The van der Waals surface area contributed by atoms with E-state index in [1.165, 1.54) is 0 Å². The van der Waals surface area contributed by atoms with Gasteiger partial charge in [-0.05, 0) is 36.3 Å². The van der Waals surface area contributed by atoms with Crippen LogP contribution in [0.1, 0.15) is 38.8 Å². The normalized spacial score (nSPS) is 11.5. The van der Waals surface area contributed by atoms with Gasteiger partial charge in [0.05, 0.1) is 0 Å². The fraction of sp³-hybridized carbons (Fsp3) is 0.571. The van der Waals surface area contributed by atoms with E-state index in [0.29, 0.717) is 35.3 Å². The third kappa shape index (κ3) is 3.53. The van der Waals surface area contributed by atoms with Crippen LogP contribution in [0.5, 0.6) is 11.5 Å². The highest BCUT2D eigenvalue weighted by Gasteiger charge is 2.17. The Labute approximate surface area is 108 Å².